The van der Waals surface area contributed by atoms with Crippen LogP contribution in [0, 0.1) is 0 Å². The molecule has 6 heteroatoms. The Bertz CT molecular complexity index is 589. The lowest BCUT2D eigenvalue weighted by Crippen LogP contribution is -2.36. The molecule has 1 aliphatic heterocycles. The molecule has 6 nitrogen and oxygen atoms in total. The van der Waals surface area contributed by atoms with Crippen molar-refractivity contribution in [2.75, 3.05) is 18.8 Å². The number of rotatable bonds is 2. The van der Waals surface area contributed by atoms with E-state index in [4.69, 9.17) is 4.74 Å². The SMILES string of the molecule is COc1cnc(N2NCN=C2C)c2[nH]ccc12. The van der Waals surface area contributed by atoms with Gasteiger partial charge in [0.15, 0.2) is 5.82 Å². The quantitative estimate of drug-likeness (QED) is 0.817. The zero-order valence-electron chi connectivity index (χ0n) is 9.69. The third-order valence-electron chi connectivity index (χ3n) is 2.83. The van der Waals surface area contributed by atoms with Gasteiger partial charge >= 0.3 is 0 Å². The fourth-order valence-electron chi connectivity index (χ4n) is 1.98. The smallest absolute Gasteiger partial charge is 0.173 e. The average Bonchev–Trinajstić information content (AvgIpc) is 2.96. The van der Waals surface area contributed by atoms with Crippen molar-refractivity contribution in [3.05, 3.63) is 18.5 Å². The van der Waals surface area contributed by atoms with Crippen LogP contribution in [0.5, 0.6) is 5.75 Å². The van der Waals surface area contributed by atoms with E-state index in [1.54, 1.807) is 13.3 Å². The van der Waals surface area contributed by atoms with Gasteiger partial charge in [0.25, 0.3) is 0 Å². The lowest BCUT2D eigenvalue weighted by Gasteiger charge is -2.18. The minimum atomic E-state index is 0.585. The number of pyridine rings is 1. The van der Waals surface area contributed by atoms with Crippen LogP contribution >= 0.6 is 0 Å². The molecular formula is C11H13N5O. The molecule has 0 saturated heterocycles. The third-order valence-corrected chi connectivity index (χ3v) is 2.83. The summed E-state index contributed by atoms with van der Waals surface area (Å²) in [7, 11) is 1.64. The van der Waals surface area contributed by atoms with Crippen molar-refractivity contribution in [1.82, 2.24) is 15.4 Å². The monoisotopic (exact) mass is 231 g/mol. The number of fused-ring (bicyclic) bond motifs is 1. The number of hydrazine groups is 1. The van der Waals surface area contributed by atoms with Crippen LogP contribution in [0.15, 0.2) is 23.5 Å². The Morgan fingerprint density at radius 2 is 2.35 bits per heavy atom. The zero-order chi connectivity index (χ0) is 11.8. The van der Waals surface area contributed by atoms with Crippen molar-refractivity contribution >= 4 is 22.6 Å². The second-order valence-electron chi connectivity index (χ2n) is 3.77. The van der Waals surface area contributed by atoms with Crippen molar-refractivity contribution in [2.45, 2.75) is 6.92 Å². The van der Waals surface area contributed by atoms with E-state index in [-0.39, 0.29) is 0 Å². The predicted molar refractivity (Wildman–Crippen MR) is 66.2 cm³/mol. The van der Waals surface area contributed by atoms with Gasteiger partial charge in [-0.1, -0.05) is 0 Å². The number of aliphatic imine (C=N–C) groups is 1. The molecule has 3 rings (SSSR count). The Hall–Kier alpha value is -2.08. The number of aromatic amines is 1. The standard InChI is InChI=1S/C11H13N5O/c1-7-14-6-15-16(7)11-10-8(3-4-12-10)9(17-2)5-13-11/h3-5,12,15H,6H2,1-2H3. The van der Waals surface area contributed by atoms with Crippen LogP contribution in [0.3, 0.4) is 0 Å². The number of aromatic nitrogens is 2. The summed E-state index contributed by atoms with van der Waals surface area (Å²) in [6.45, 7) is 2.53. The Kier molecular flexibility index (Phi) is 2.22. The van der Waals surface area contributed by atoms with Crippen LogP contribution in [-0.2, 0) is 0 Å². The third kappa shape index (κ3) is 1.45. The first kappa shape index (κ1) is 10.1. The lowest BCUT2D eigenvalue weighted by molar-refractivity contribution is 0.418. The highest BCUT2D eigenvalue weighted by Gasteiger charge is 2.20. The molecule has 0 radical (unpaired) electrons. The van der Waals surface area contributed by atoms with Crippen LogP contribution in [0.4, 0.5) is 5.82 Å². The second kappa shape index (κ2) is 3.74. The number of H-pyrrole nitrogens is 1. The molecule has 3 heterocycles. The first-order valence-corrected chi connectivity index (χ1v) is 5.36. The molecule has 88 valence electrons. The fraction of sp³-hybridized carbons (Fsp3) is 0.273. The zero-order valence-corrected chi connectivity index (χ0v) is 9.69. The van der Waals surface area contributed by atoms with Crippen LogP contribution < -0.4 is 15.2 Å². The van der Waals surface area contributed by atoms with E-state index >= 15 is 0 Å². The Morgan fingerprint density at radius 1 is 1.47 bits per heavy atom. The topological polar surface area (TPSA) is 65.5 Å². The molecular weight excluding hydrogens is 218 g/mol. The highest BCUT2D eigenvalue weighted by molar-refractivity contribution is 6.03. The van der Waals surface area contributed by atoms with E-state index in [0.29, 0.717) is 6.67 Å². The first-order chi connectivity index (χ1) is 8.31. The Balaban J connectivity index is 2.18. The number of anilines is 1. The molecule has 2 N–H and O–H groups in total. The molecule has 2 aromatic rings. The van der Waals surface area contributed by atoms with Gasteiger partial charge in [0.2, 0.25) is 0 Å². The average molecular weight is 231 g/mol. The summed E-state index contributed by atoms with van der Waals surface area (Å²) in [5, 5.41) is 2.89. The molecule has 0 atom stereocenters. The molecule has 0 amide bonds. The van der Waals surface area contributed by atoms with E-state index in [2.05, 4.69) is 20.4 Å². The van der Waals surface area contributed by atoms with Gasteiger partial charge in [0, 0.05) is 11.6 Å². The summed E-state index contributed by atoms with van der Waals surface area (Å²) in [6, 6.07) is 1.97. The van der Waals surface area contributed by atoms with E-state index in [1.807, 2.05) is 24.2 Å². The van der Waals surface area contributed by atoms with E-state index in [0.717, 1.165) is 28.3 Å². The summed E-state index contributed by atoms with van der Waals surface area (Å²) in [5.41, 5.74) is 4.09. The summed E-state index contributed by atoms with van der Waals surface area (Å²) >= 11 is 0. The number of ether oxygens (including phenoxy) is 1. The molecule has 0 fully saturated rings. The molecule has 0 saturated carbocycles. The molecule has 0 bridgehead atoms. The first-order valence-electron chi connectivity index (χ1n) is 5.36. The summed E-state index contributed by atoms with van der Waals surface area (Å²) in [4.78, 5) is 11.9. The van der Waals surface area contributed by atoms with E-state index in [1.165, 1.54) is 0 Å². The van der Waals surface area contributed by atoms with E-state index < -0.39 is 0 Å². The molecule has 0 aromatic carbocycles. The number of hydrogen-bond donors (Lipinski definition) is 2. The second-order valence-corrected chi connectivity index (χ2v) is 3.77. The molecule has 0 aliphatic carbocycles. The number of amidine groups is 1. The molecule has 0 unspecified atom stereocenters. The predicted octanol–water partition coefficient (Wildman–Crippen LogP) is 1.27. The molecule has 2 aromatic heterocycles. The summed E-state index contributed by atoms with van der Waals surface area (Å²) in [5.74, 6) is 2.47. The van der Waals surface area contributed by atoms with Gasteiger partial charge in [0.05, 0.1) is 18.8 Å². The van der Waals surface area contributed by atoms with Crippen LogP contribution in [0.25, 0.3) is 10.9 Å². The maximum atomic E-state index is 5.28. The van der Waals surface area contributed by atoms with Gasteiger partial charge in [-0.3, -0.25) is 4.99 Å². The minimum Gasteiger partial charge on any atom is -0.494 e. The van der Waals surface area contributed by atoms with Gasteiger partial charge < -0.3 is 9.72 Å². The maximum Gasteiger partial charge on any atom is 0.173 e. The van der Waals surface area contributed by atoms with Crippen molar-refractivity contribution < 1.29 is 4.74 Å². The highest BCUT2D eigenvalue weighted by Crippen LogP contribution is 2.30. The highest BCUT2D eigenvalue weighted by atomic mass is 16.5. The lowest BCUT2D eigenvalue weighted by atomic mass is 10.3. The number of nitrogens with one attached hydrogen (secondary N) is 2. The largest absolute Gasteiger partial charge is 0.494 e. The van der Waals surface area contributed by atoms with Crippen LogP contribution in [-0.4, -0.2) is 29.6 Å². The molecule has 0 spiro atoms. The van der Waals surface area contributed by atoms with Crippen LogP contribution in [0.1, 0.15) is 6.92 Å². The van der Waals surface area contributed by atoms with Crippen LogP contribution in [0.2, 0.25) is 0 Å². The Morgan fingerprint density at radius 3 is 3.06 bits per heavy atom. The fourth-order valence-corrected chi connectivity index (χ4v) is 1.98. The number of nitrogens with zero attached hydrogens (tertiary/aromatic N) is 3. The van der Waals surface area contributed by atoms with E-state index in [9.17, 15) is 0 Å². The molecule has 17 heavy (non-hydrogen) atoms. The van der Waals surface area contributed by atoms with Gasteiger partial charge in [-0.15, -0.1) is 0 Å². The number of hydrogen-bond acceptors (Lipinski definition) is 5. The normalized spacial score (nSPS) is 15.4. The maximum absolute atomic E-state index is 5.28. The summed E-state index contributed by atoms with van der Waals surface area (Å²) in [6.07, 6.45) is 3.60. The van der Waals surface area contributed by atoms with Crippen molar-refractivity contribution in [3.63, 3.8) is 0 Å². The van der Waals surface area contributed by atoms with Gasteiger partial charge in [0.1, 0.15) is 18.3 Å². The van der Waals surface area contributed by atoms with Gasteiger partial charge in [-0.2, -0.15) is 0 Å². The molecule has 1 aliphatic rings. The number of methoxy groups -OCH3 is 1. The van der Waals surface area contributed by atoms with Crippen molar-refractivity contribution in [1.29, 1.82) is 0 Å². The van der Waals surface area contributed by atoms with Gasteiger partial charge in [-0.05, 0) is 13.0 Å². The van der Waals surface area contributed by atoms with Gasteiger partial charge in [-0.25, -0.2) is 15.4 Å². The van der Waals surface area contributed by atoms with Crippen molar-refractivity contribution in [3.8, 4) is 5.75 Å². The van der Waals surface area contributed by atoms with Crippen molar-refractivity contribution in [2.24, 2.45) is 4.99 Å². The minimum absolute atomic E-state index is 0.585. The summed E-state index contributed by atoms with van der Waals surface area (Å²) < 4.78 is 5.28. The Labute approximate surface area is 98.3 Å².